The highest BCUT2D eigenvalue weighted by Crippen LogP contribution is 2.31. The van der Waals surface area contributed by atoms with E-state index in [1.165, 1.54) is 26.4 Å². The molecular weight excluding hydrogens is 457 g/mol. The van der Waals surface area contributed by atoms with Gasteiger partial charge < -0.3 is 14.8 Å². The van der Waals surface area contributed by atoms with Crippen LogP contribution in [0.25, 0.3) is 0 Å². The number of rotatable bonds is 6. The Morgan fingerprint density at radius 2 is 1.64 bits per heavy atom. The molecule has 2 rings (SSSR count). The van der Waals surface area contributed by atoms with Crippen LogP contribution in [0.5, 0.6) is 11.5 Å². The van der Waals surface area contributed by atoms with E-state index in [9.17, 15) is 13.2 Å². The summed E-state index contributed by atoms with van der Waals surface area (Å²) in [5, 5.41) is 2.81. The van der Waals surface area contributed by atoms with E-state index in [4.69, 9.17) is 9.47 Å². The molecule has 1 N–H and O–H groups in total. The fourth-order valence-corrected chi connectivity index (χ4v) is 3.47. The van der Waals surface area contributed by atoms with E-state index in [0.29, 0.717) is 17.1 Å². The van der Waals surface area contributed by atoms with Gasteiger partial charge in [0.25, 0.3) is 5.91 Å². The van der Waals surface area contributed by atoms with E-state index in [0.717, 1.165) is 15.4 Å². The van der Waals surface area contributed by atoms with Crippen molar-refractivity contribution in [3.8, 4) is 11.5 Å². The maximum absolute atomic E-state index is 12.4. The monoisotopic (exact) mass is 475 g/mol. The minimum Gasteiger partial charge on any atom is -0.493 e. The quantitative estimate of drug-likeness (QED) is 0.650. The van der Waals surface area contributed by atoms with Crippen molar-refractivity contribution in [2.45, 2.75) is 11.4 Å². The van der Waals surface area contributed by atoms with Gasteiger partial charge in [-0.1, -0.05) is 12.1 Å². The SMILES string of the molecule is COc1cc(I)c(C(=O)NCc2ccc(S(C)(=O)=O)cc2)cc1OC. The van der Waals surface area contributed by atoms with Crippen molar-refractivity contribution < 1.29 is 22.7 Å². The average Bonchev–Trinajstić information content (AvgIpc) is 2.58. The molecule has 0 aliphatic heterocycles. The molecule has 134 valence electrons. The summed E-state index contributed by atoms with van der Waals surface area (Å²) in [5.41, 5.74) is 1.28. The number of methoxy groups -OCH3 is 2. The van der Waals surface area contributed by atoms with Crippen molar-refractivity contribution >= 4 is 38.3 Å². The van der Waals surface area contributed by atoms with Gasteiger partial charge in [-0.2, -0.15) is 0 Å². The molecule has 0 heterocycles. The van der Waals surface area contributed by atoms with Gasteiger partial charge in [0.05, 0.1) is 24.7 Å². The largest absolute Gasteiger partial charge is 0.493 e. The smallest absolute Gasteiger partial charge is 0.252 e. The van der Waals surface area contributed by atoms with E-state index in [1.807, 2.05) is 0 Å². The van der Waals surface area contributed by atoms with Crippen LogP contribution in [-0.2, 0) is 16.4 Å². The topological polar surface area (TPSA) is 81.7 Å². The minimum atomic E-state index is -3.23. The molecule has 6 nitrogen and oxygen atoms in total. The Kier molecular flexibility index (Phi) is 6.28. The van der Waals surface area contributed by atoms with Crippen LogP contribution in [0.1, 0.15) is 15.9 Å². The summed E-state index contributed by atoms with van der Waals surface area (Å²) >= 11 is 2.06. The standard InChI is InChI=1S/C17H18INO5S/c1-23-15-8-13(14(18)9-16(15)24-2)17(20)19-10-11-4-6-12(7-5-11)25(3,21)22/h4-9H,10H2,1-3H3,(H,19,20). The molecule has 0 aromatic heterocycles. The Morgan fingerprint density at radius 3 is 2.16 bits per heavy atom. The molecule has 2 aromatic rings. The Hall–Kier alpha value is -1.81. The zero-order chi connectivity index (χ0) is 18.6. The summed E-state index contributed by atoms with van der Waals surface area (Å²) in [4.78, 5) is 12.7. The molecule has 0 atom stereocenters. The molecule has 0 aliphatic carbocycles. The van der Waals surface area contributed by atoms with Crippen LogP contribution < -0.4 is 14.8 Å². The lowest BCUT2D eigenvalue weighted by Crippen LogP contribution is -2.23. The number of hydrogen-bond acceptors (Lipinski definition) is 5. The number of halogens is 1. The third-order valence-corrected chi connectivity index (χ3v) is 5.54. The third kappa shape index (κ3) is 4.85. The summed E-state index contributed by atoms with van der Waals surface area (Å²) in [6, 6.07) is 9.76. The van der Waals surface area contributed by atoms with Gasteiger partial charge in [-0.25, -0.2) is 8.42 Å². The molecule has 1 amide bonds. The lowest BCUT2D eigenvalue weighted by Gasteiger charge is -2.12. The highest BCUT2D eigenvalue weighted by Gasteiger charge is 2.15. The maximum Gasteiger partial charge on any atom is 0.252 e. The van der Waals surface area contributed by atoms with Crippen LogP contribution >= 0.6 is 22.6 Å². The van der Waals surface area contributed by atoms with Gasteiger partial charge in [0.1, 0.15) is 0 Å². The molecule has 0 bridgehead atoms. The Morgan fingerprint density at radius 1 is 1.08 bits per heavy atom. The number of hydrogen-bond donors (Lipinski definition) is 1. The van der Waals surface area contributed by atoms with Crippen LogP contribution in [0.4, 0.5) is 0 Å². The Bertz CT molecular complexity index is 879. The van der Waals surface area contributed by atoms with Crippen molar-refractivity contribution in [3.63, 3.8) is 0 Å². The molecule has 2 aromatic carbocycles. The average molecular weight is 475 g/mol. The van der Waals surface area contributed by atoms with Crippen molar-refractivity contribution in [1.82, 2.24) is 5.32 Å². The fraction of sp³-hybridized carbons (Fsp3) is 0.235. The zero-order valence-corrected chi connectivity index (χ0v) is 17.0. The molecule has 25 heavy (non-hydrogen) atoms. The van der Waals surface area contributed by atoms with Gasteiger partial charge in [0.15, 0.2) is 21.3 Å². The predicted molar refractivity (Wildman–Crippen MR) is 103 cm³/mol. The number of carbonyl (C=O) groups is 1. The molecule has 0 aliphatic rings. The van der Waals surface area contributed by atoms with Gasteiger partial charge in [-0.05, 0) is 52.4 Å². The first kappa shape index (κ1) is 19.5. The molecule has 8 heteroatoms. The first-order valence-corrected chi connectivity index (χ1v) is 10.2. The molecular formula is C17H18INO5S. The summed E-state index contributed by atoms with van der Waals surface area (Å²) in [6.45, 7) is 0.285. The second-order valence-electron chi connectivity index (χ2n) is 5.29. The first-order chi connectivity index (χ1) is 11.8. The van der Waals surface area contributed by atoms with Crippen molar-refractivity contribution in [2.75, 3.05) is 20.5 Å². The van der Waals surface area contributed by atoms with E-state index < -0.39 is 9.84 Å². The molecule has 0 unspecified atom stereocenters. The van der Waals surface area contributed by atoms with Gasteiger partial charge >= 0.3 is 0 Å². The van der Waals surface area contributed by atoms with Gasteiger partial charge in [-0.3, -0.25) is 4.79 Å². The zero-order valence-electron chi connectivity index (χ0n) is 14.0. The first-order valence-electron chi connectivity index (χ1n) is 7.25. The summed E-state index contributed by atoms with van der Waals surface area (Å²) in [5.74, 6) is 0.780. The number of amides is 1. The van der Waals surface area contributed by atoms with Crippen LogP contribution in [-0.4, -0.2) is 34.8 Å². The molecule has 0 radical (unpaired) electrons. The van der Waals surface area contributed by atoms with E-state index >= 15 is 0 Å². The van der Waals surface area contributed by atoms with Crippen molar-refractivity contribution in [3.05, 3.63) is 51.1 Å². The second kappa shape index (κ2) is 8.05. The Balaban J connectivity index is 2.12. The Labute approximate surface area is 160 Å². The van der Waals surface area contributed by atoms with Crippen LogP contribution in [0, 0.1) is 3.57 Å². The van der Waals surface area contributed by atoms with Crippen molar-refractivity contribution in [1.29, 1.82) is 0 Å². The van der Waals surface area contributed by atoms with Crippen LogP contribution in [0.3, 0.4) is 0 Å². The second-order valence-corrected chi connectivity index (χ2v) is 8.46. The van der Waals surface area contributed by atoms with E-state index in [-0.39, 0.29) is 17.3 Å². The third-order valence-electron chi connectivity index (χ3n) is 3.52. The number of carbonyl (C=O) groups excluding carboxylic acids is 1. The predicted octanol–water partition coefficient (Wildman–Crippen LogP) is 2.64. The highest BCUT2D eigenvalue weighted by molar-refractivity contribution is 14.1. The lowest BCUT2D eigenvalue weighted by atomic mass is 10.1. The summed E-state index contributed by atoms with van der Waals surface area (Å²) < 4.78 is 34.1. The van der Waals surface area contributed by atoms with E-state index in [1.54, 1.807) is 24.3 Å². The molecule has 0 saturated carbocycles. The van der Waals surface area contributed by atoms with Gasteiger partial charge in [-0.15, -0.1) is 0 Å². The number of benzene rings is 2. The minimum absolute atomic E-state index is 0.247. The molecule has 0 saturated heterocycles. The fourth-order valence-electron chi connectivity index (χ4n) is 2.16. The number of sulfone groups is 1. The van der Waals surface area contributed by atoms with Gasteiger partial charge in [0.2, 0.25) is 0 Å². The van der Waals surface area contributed by atoms with Crippen LogP contribution in [0.2, 0.25) is 0 Å². The van der Waals surface area contributed by atoms with Crippen molar-refractivity contribution in [2.24, 2.45) is 0 Å². The maximum atomic E-state index is 12.4. The van der Waals surface area contributed by atoms with Gasteiger partial charge in [0, 0.05) is 16.4 Å². The summed E-state index contributed by atoms with van der Waals surface area (Å²) in [7, 11) is -0.183. The number of ether oxygens (including phenoxy) is 2. The molecule has 0 spiro atoms. The number of nitrogens with one attached hydrogen (secondary N) is 1. The van der Waals surface area contributed by atoms with Crippen LogP contribution in [0.15, 0.2) is 41.3 Å². The van der Waals surface area contributed by atoms with E-state index in [2.05, 4.69) is 27.9 Å². The molecule has 0 fully saturated rings. The normalized spacial score (nSPS) is 11.0. The summed E-state index contributed by atoms with van der Waals surface area (Å²) in [6.07, 6.45) is 1.16. The lowest BCUT2D eigenvalue weighted by molar-refractivity contribution is 0.0949. The highest BCUT2D eigenvalue weighted by atomic mass is 127.